The second-order valence-electron chi connectivity index (χ2n) is 4.21. The Morgan fingerprint density at radius 2 is 2.11 bits per heavy atom. The number of nitrogens with zero attached hydrogens (tertiary/aromatic N) is 1. The van der Waals surface area contributed by atoms with Gasteiger partial charge in [-0.3, -0.25) is 4.99 Å². The van der Waals surface area contributed by atoms with Gasteiger partial charge in [-0.25, -0.2) is 0 Å². The first-order valence-electron chi connectivity index (χ1n) is 6.28. The molecule has 0 unspecified atom stereocenters. The lowest BCUT2D eigenvalue weighted by molar-refractivity contribution is 0.760. The fourth-order valence-corrected chi connectivity index (χ4v) is 2.10. The smallest absolute Gasteiger partial charge is 0.190 e. The van der Waals surface area contributed by atoms with E-state index in [9.17, 15) is 0 Å². The molecule has 2 aromatic rings. The van der Waals surface area contributed by atoms with Crippen LogP contribution < -0.4 is 10.6 Å². The highest BCUT2D eigenvalue weighted by molar-refractivity contribution is 14.0. The highest BCUT2D eigenvalue weighted by Gasteiger charge is 2.02. The molecule has 1 heterocycles. The molecular formula is C14H21IN4. The number of benzene rings is 1. The number of para-hydroxylation sites is 1. The van der Waals surface area contributed by atoms with Crippen LogP contribution in [0.5, 0.6) is 0 Å². The van der Waals surface area contributed by atoms with E-state index >= 15 is 0 Å². The highest BCUT2D eigenvalue weighted by atomic mass is 127. The van der Waals surface area contributed by atoms with Gasteiger partial charge < -0.3 is 15.6 Å². The number of aliphatic imine (C=N–C) groups is 1. The van der Waals surface area contributed by atoms with E-state index in [1.807, 2.05) is 7.05 Å². The lowest BCUT2D eigenvalue weighted by Gasteiger charge is -2.07. The Balaban J connectivity index is 0.00000180. The molecule has 0 saturated heterocycles. The van der Waals surface area contributed by atoms with E-state index in [4.69, 9.17) is 0 Å². The number of aryl methyl sites for hydroxylation is 1. The molecule has 0 aliphatic heterocycles. The maximum atomic E-state index is 4.08. The topological polar surface area (TPSA) is 52.2 Å². The zero-order valence-electron chi connectivity index (χ0n) is 11.4. The van der Waals surface area contributed by atoms with Crippen LogP contribution in [-0.4, -0.2) is 31.6 Å². The van der Waals surface area contributed by atoms with Crippen molar-refractivity contribution < 1.29 is 0 Å². The number of halogens is 1. The molecule has 0 spiro atoms. The zero-order valence-corrected chi connectivity index (χ0v) is 13.7. The van der Waals surface area contributed by atoms with Gasteiger partial charge in [0.25, 0.3) is 0 Å². The first kappa shape index (κ1) is 15.8. The molecule has 0 radical (unpaired) electrons. The van der Waals surface area contributed by atoms with Crippen molar-refractivity contribution in [3.05, 3.63) is 36.0 Å². The second-order valence-corrected chi connectivity index (χ2v) is 4.21. The normalized spacial score (nSPS) is 11.2. The quantitative estimate of drug-likeness (QED) is 0.334. The molecule has 0 fully saturated rings. The molecule has 19 heavy (non-hydrogen) atoms. The molecule has 3 N–H and O–H groups in total. The number of nitrogens with one attached hydrogen (secondary N) is 3. The molecule has 1 aromatic heterocycles. The van der Waals surface area contributed by atoms with Crippen LogP contribution in [0.2, 0.25) is 0 Å². The van der Waals surface area contributed by atoms with Crippen LogP contribution in [0.4, 0.5) is 0 Å². The largest absolute Gasteiger partial charge is 0.361 e. The van der Waals surface area contributed by atoms with Gasteiger partial charge in [0, 0.05) is 37.7 Å². The Kier molecular flexibility index (Phi) is 6.69. The molecule has 0 amide bonds. The Morgan fingerprint density at radius 3 is 2.84 bits per heavy atom. The maximum absolute atomic E-state index is 4.08. The van der Waals surface area contributed by atoms with Crippen LogP contribution in [0.25, 0.3) is 10.9 Å². The minimum absolute atomic E-state index is 0. The van der Waals surface area contributed by atoms with E-state index in [-0.39, 0.29) is 24.0 Å². The van der Waals surface area contributed by atoms with Crippen molar-refractivity contribution in [2.75, 3.05) is 20.6 Å². The van der Waals surface area contributed by atoms with Crippen LogP contribution in [-0.2, 0) is 6.42 Å². The number of guanidine groups is 1. The Bertz CT molecular complexity index is 533. The first-order valence-corrected chi connectivity index (χ1v) is 6.28. The van der Waals surface area contributed by atoms with Crippen molar-refractivity contribution >= 4 is 40.8 Å². The Labute approximate surface area is 131 Å². The van der Waals surface area contributed by atoms with Crippen LogP contribution >= 0.6 is 24.0 Å². The average Bonchev–Trinajstić information content (AvgIpc) is 2.82. The monoisotopic (exact) mass is 372 g/mol. The van der Waals surface area contributed by atoms with Crippen molar-refractivity contribution in [3.8, 4) is 0 Å². The molecule has 4 nitrogen and oxygen atoms in total. The fraction of sp³-hybridized carbons (Fsp3) is 0.357. The summed E-state index contributed by atoms with van der Waals surface area (Å²) in [6.07, 6.45) is 4.26. The second kappa shape index (κ2) is 8.04. The summed E-state index contributed by atoms with van der Waals surface area (Å²) in [6, 6.07) is 8.42. The third kappa shape index (κ3) is 4.12. The van der Waals surface area contributed by atoms with Gasteiger partial charge in [0.2, 0.25) is 0 Å². The van der Waals surface area contributed by atoms with E-state index in [1.165, 1.54) is 16.5 Å². The van der Waals surface area contributed by atoms with Crippen molar-refractivity contribution in [2.45, 2.75) is 12.8 Å². The molecular weight excluding hydrogens is 351 g/mol. The van der Waals surface area contributed by atoms with Crippen molar-refractivity contribution in [1.29, 1.82) is 0 Å². The molecule has 104 valence electrons. The number of rotatable bonds is 4. The molecule has 0 bridgehead atoms. The van der Waals surface area contributed by atoms with Crippen molar-refractivity contribution in [2.24, 2.45) is 4.99 Å². The zero-order chi connectivity index (χ0) is 12.8. The number of aromatic amines is 1. The third-order valence-corrected chi connectivity index (χ3v) is 3.05. The summed E-state index contributed by atoms with van der Waals surface area (Å²) < 4.78 is 0. The van der Waals surface area contributed by atoms with Crippen LogP contribution in [0.1, 0.15) is 12.0 Å². The van der Waals surface area contributed by atoms with E-state index in [0.29, 0.717) is 0 Å². The molecule has 2 rings (SSSR count). The molecule has 1 aromatic carbocycles. The van der Waals surface area contributed by atoms with E-state index < -0.39 is 0 Å². The number of H-pyrrole nitrogens is 1. The minimum Gasteiger partial charge on any atom is -0.361 e. The van der Waals surface area contributed by atoms with Gasteiger partial charge >= 0.3 is 0 Å². The summed E-state index contributed by atoms with van der Waals surface area (Å²) in [6.45, 7) is 0.924. The van der Waals surface area contributed by atoms with E-state index in [1.54, 1.807) is 7.05 Å². The predicted molar refractivity (Wildman–Crippen MR) is 92.5 cm³/mol. The summed E-state index contributed by atoms with van der Waals surface area (Å²) in [4.78, 5) is 7.38. The van der Waals surface area contributed by atoms with Gasteiger partial charge in [0.05, 0.1) is 0 Å². The van der Waals surface area contributed by atoms with Gasteiger partial charge in [-0.1, -0.05) is 18.2 Å². The third-order valence-electron chi connectivity index (χ3n) is 3.05. The molecule has 0 aliphatic carbocycles. The van der Waals surface area contributed by atoms with Crippen LogP contribution in [0.15, 0.2) is 35.5 Å². The first-order chi connectivity index (χ1) is 8.85. The van der Waals surface area contributed by atoms with Crippen LogP contribution in [0, 0.1) is 0 Å². The predicted octanol–water partition coefficient (Wildman–Crippen LogP) is 2.51. The lowest BCUT2D eigenvalue weighted by atomic mass is 10.1. The number of fused-ring (bicyclic) bond motifs is 1. The average molecular weight is 372 g/mol. The summed E-state index contributed by atoms with van der Waals surface area (Å²) in [5.41, 5.74) is 2.60. The van der Waals surface area contributed by atoms with Gasteiger partial charge in [0.1, 0.15) is 0 Å². The summed E-state index contributed by atoms with van der Waals surface area (Å²) >= 11 is 0. The van der Waals surface area contributed by atoms with E-state index in [0.717, 1.165) is 25.3 Å². The Morgan fingerprint density at radius 1 is 1.32 bits per heavy atom. The number of hydrogen-bond acceptors (Lipinski definition) is 1. The SMILES string of the molecule is CN=C(NC)NCCCc1c[nH]c2ccccc12.I. The van der Waals surface area contributed by atoms with Gasteiger partial charge in [-0.2, -0.15) is 0 Å². The van der Waals surface area contributed by atoms with Crippen LogP contribution in [0.3, 0.4) is 0 Å². The minimum atomic E-state index is 0. The van der Waals surface area contributed by atoms with E-state index in [2.05, 4.69) is 51.1 Å². The maximum Gasteiger partial charge on any atom is 0.190 e. The lowest BCUT2D eigenvalue weighted by Crippen LogP contribution is -2.35. The Hall–Kier alpha value is -1.24. The number of aromatic nitrogens is 1. The summed E-state index contributed by atoms with van der Waals surface area (Å²) in [5, 5.41) is 7.60. The van der Waals surface area contributed by atoms with Crippen molar-refractivity contribution in [3.63, 3.8) is 0 Å². The molecule has 0 aliphatic rings. The van der Waals surface area contributed by atoms with Gasteiger partial charge in [-0.15, -0.1) is 24.0 Å². The fourth-order valence-electron chi connectivity index (χ4n) is 2.10. The molecule has 5 heteroatoms. The highest BCUT2D eigenvalue weighted by Crippen LogP contribution is 2.18. The standard InChI is InChI=1S/C14H20N4.HI/c1-15-14(16-2)17-9-5-6-11-10-18-13-8-4-3-7-12(11)13;/h3-4,7-8,10,18H,5-6,9H2,1-2H3,(H2,15,16,17);1H. The summed E-state index contributed by atoms with van der Waals surface area (Å²) in [5.74, 6) is 0.842. The molecule has 0 atom stereocenters. The van der Waals surface area contributed by atoms with Gasteiger partial charge in [-0.05, 0) is 24.5 Å². The summed E-state index contributed by atoms with van der Waals surface area (Å²) in [7, 11) is 3.65. The number of hydrogen-bond donors (Lipinski definition) is 3. The van der Waals surface area contributed by atoms with Gasteiger partial charge in [0.15, 0.2) is 5.96 Å². The molecule has 0 saturated carbocycles. The van der Waals surface area contributed by atoms with Crippen molar-refractivity contribution in [1.82, 2.24) is 15.6 Å².